The number of H-pyrrole nitrogens is 1. The largest absolute Gasteiger partial charge is 0.448 e. The first-order chi connectivity index (χ1) is 21.0. The van der Waals surface area contributed by atoms with E-state index in [9.17, 15) is 15.2 Å². The second-order valence-corrected chi connectivity index (χ2v) is 13.3. The van der Waals surface area contributed by atoms with Crippen LogP contribution in [0.1, 0.15) is 63.6 Å². The summed E-state index contributed by atoms with van der Waals surface area (Å²) in [6.45, 7) is 5.07. The fourth-order valence-electron chi connectivity index (χ4n) is 6.40. The molecule has 3 aliphatic carbocycles. The van der Waals surface area contributed by atoms with Crippen LogP contribution in [-0.2, 0) is 4.74 Å². The van der Waals surface area contributed by atoms with Gasteiger partial charge in [0.2, 0.25) is 0 Å². The standard InChI is InChI=1S/C31H40N9O3P/c1-29(2,42)27(44)19-35-18-26(39-34)22-17-36-25(23-4-3-21(37-23)13-20(15-32)16-33)14-24(22)38-30-5-8-31(9-6-30,10-7-30)40-11-12-43-28(40)41/h3-4,13-15,17-18,27,32,34-35,37,42H,5-12,19,44H2,1-2H3,(H,36,38)/b20-13+,26-18-,32-15?,39-34?. The Labute approximate surface area is 259 Å². The molecule has 2 aromatic rings. The number of nitrogens with one attached hydrogen (secondary N) is 5. The zero-order valence-electron chi connectivity index (χ0n) is 25.1. The first-order valence-corrected chi connectivity index (χ1v) is 15.5. The number of amides is 1. The molecule has 1 aliphatic heterocycles. The van der Waals surface area contributed by atoms with Crippen molar-refractivity contribution in [3.8, 4) is 17.5 Å². The Morgan fingerprint density at radius 2 is 2.07 bits per heavy atom. The van der Waals surface area contributed by atoms with Gasteiger partial charge in [-0.1, -0.05) is 0 Å². The van der Waals surface area contributed by atoms with Crippen LogP contribution < -0.4 is 10.6 Å². The number of anilines is 1. The number of pyridine rings is 1. The van der Waals surface area contributed by atoms with E-state index < -0.39 is 5.60 Å². The highest BCUT2D eigenvalue weighted by molar-refractivity contribution is 7.17. The average molecular weight is 618 g/mol. The van der Waals surface area contributed by atoms with Gasteiger partial charge in [-0.05, 0) is 76.6 Å². The van der Waals surface area contributed by atoms with Crippen LogP contribution in [0.25, 0.3) is 23.2 Å². The lowest BCUT2D eigenvalue weighted by atomic mass is 9.60. The minimum atomic E-state index is -0.890. The molecule has 6 rings (SSSR count). The fraction of sp³-hybridized carbons (Fsp3) is 0.484. The molecule has 0 radical (unpaired) electrons. The minimum Gasteiger partial charge on any atom is -0.448 e. The van der Waals surface area contributed by atoms with E-state index in [1.54, 1.807) is 32.3 Å². The topological polar surface area (TPSA) is 186 Å². The number of fused-ring (bicyclic) bond motifs is 3. The molecule has 12 nitrogen and oxygen atoms in total. The minimum absolute atomic E-state index is 0.120. The van der Waals surface area contributed by atoms with Gasteiger partial charge in [0.05, 0.1) is 29.1 Å². The smallest absolute Gasteiger partial charge is 0.410 e. The van der Waals surface area contributed by atoms with Gasteiger partial charge < -0.3 is 30.9 Å². The number of hydrogen-bond acceptors (Lipinski definition) is 10. The summed E-state index contributed by atoms with van der Waals surface area (Å²) in [6, 6.07) is 7.65. The summed E-state index contributed by atoms with van der Waals surface area (Å²) in [5.41, 5.74) is 10.8. The van der Waals surface area contributed by atoms with E-state index in [4.69, 9.17) is 20.7 Å². The van der Waals surface area contributed by atoms with Gasteiger partial charge in [-0.25, -0.2) is 10.3 Å². The summed E-state index contributed by atoms with van der Waals surface area (Å²) < 4.78 is 5.27. The SMILES string of the molecule is CC(C)(O)C(P)CN/C=C(\N=N)c1cnc(-c2ccc(/C=C(/C#N)C=N)[nH]2)cc1NC12CCC(N3CCOC3=O)(CC1)CC2. The maximum atomic E-state index is 12.4. The Morgan fingerprint density at radius 3 is 2.66 bits per heavy atom. The highest BCUT2D eigenvalue weighted by Gasteiger charge is 2.54. The van der Waals surface area contributed by atoms with Crippen molar-refractivity contribution in [1.29, 1.82) is 16.2 Å². The number of cyclic esters (lactones) is 1. The molecule has 2 aromatic heterocycles. The fourth-order valence-corrected chi connectivity index (χ4v) is 6.54. The highest BCUT2D eigenvalue weighted by Crippen LogP contribution is 2.52. The lowest BCUT2D eigenvalue weighted by Gasteiger charge is -2.56. The number of nitrogens with zero attached hydrogens (tertiary/aromatic N) is 4. The lowest BCUT2D eigenvalue weighted by molar-refractivity contribution is 0.0152. The van der Waals surface area contributed by atoms with Crippen LogP contribution in [0.5, 0.6) is 0 Å². The molecule has 6 N–H and O–H groups in total. The number of aliphatic hydroxyl groups is 1. The van der Waals surface area contributed by atoms with Gasteiger partial charge in [-0.2, -0.15) is 10.4 Å². The van der Waals surface area contributed by atoms with Gasteiger partial charge in [0, 0.05) is 58.8 Å². The van der Waals surface area contributed by atoms with Crippen molar-refractivity contribution < 1.29 is 14.6 Å². The van der Waals surface area contributed by atoms with E-state index in [1.165, 1.54) is 0 Å². The molecule has 3 heterocycles. The van der Waals surface area contributed by atoms with E-state index in [0.29, 0.717) is 42.3 Å². The number of ether oxygens (including phenoxy) is 1. The predicted molar refractivity (Wildman–Crippen MR) is 172 cm³/mol. The van der Waals surface area contributed by atoms with Crippen molar-refractivity contribution in [2.24, 2.45) is 5.11 Å². The lowest BCUT2D eigenvalue weighted by Crippen LogP contribution is -2.61. The third-order valence-electron chi connectivity index (χ3n) is 9.30. The second kappa shape index (κ2) is 12.5. The number of carbonyl (C=O) groups excluding carboxylic acids is 1. The van der Waals surface area contributed by atoms with Crippen molar-refractivity contribution in [2.75, 3.05) is 25.0 Å². The van der Waals surface area contributed by atoms with Crippen LogP contribution in [0.3, 0.4) is 0 Å². The van der Waals surface area contributed by atoms with Crippen molar-refractivity contribution in [2.45, 2.75) is 74.7 Å². The van der Waals surface area contributed by atoms with Gasteiger partial charge >= 0.3 is 6.09 Å². The Morgan fingerprint density at radius 1 is 1.34 bits per heavy atom. The van der Waals surface area contributed by atoms with Gasteiger partial charge in [0.1, 0.15) is 18.4 Å². The van der Waals surface area contributed by atoms with Crippen molar-refractivity contribution in [3.63, 3.8) is 0 Å². The second-order valence-electron chi connectivity index (χ2n) is 12.5. The normalized spacial score (nSPS) is 24.4. The average Bonchev–Trinajstić information content (AvgIpc) is 3.68. The molecular formula is C31H40N9O3P. The molecule has 2 bridgehead atoms. The van der Waals surface area contributed by atoms with Crippen LogP contribution in [0.15, 0.2) is 41.3 Å². The van der Waals surface area contributed by atoms with E-state index in [0.717, 1.165) is 56.1 Å². The quantitative estimate of drug-likeness (QED) is 0.0809. The monoisotopic (exact) mass is 617 g/mol. The van der Waals surface area contributed by atoms with Crippen LogP contribution in [0.4, 0.5) is 10.5 Å². The van der Waals surface area contributed by atoms with Crippen molar-refractivity contribution in [3.05, 3.63) is 47.4 Å². The predicted octanol–water partition coefficient (Wildman–Crippen LogP) is 5.28. The summed E-state index contributed by atoms with van der Waals surface area (Å²) in [5, 5.41) is 37.8. The third kappa shape index (κ3) is 6.40. The summed E-state index contributed by atoms with van der Waals surface area (Å²) >= 11 is 0. The van der Waals surface area contributed by atoms with Gasteiger partial charge in [-0.3, -0.25) is 9.88 Å². The number of aromatic nitrogens is 2. The maximum Gasteiger partial charge on any atom is 0.410 e. The van der Waals surface area contributed by atoms with Crippen LogP contribution in [0.2, 0.25) is 0 Å². The molecule has 0 aromatic carbocycles. The first-order valence-electron chi connectivity index (χ1n) is 14.9. The molecule has 2 unspecified atom stereocenters. The molecule has 1 saturated heterocycles. The molecule has 13 heteroatoms. The van der Waals surface area contributed by atoms with Gasteiger partial charge in [0.15, 0.2) is 0 Å². The maximum absolute atomic E-state index is 12.4. The van der Waals surface area contributed by atoms with Gasteiger partial charge in [0.25, 0.3) is 0 Å². The number of nitriles is 1. The number of aromatic amines is 1. The molecule has 4 fully saturated rings. The van der Waals surface area contributed by atoms with E-state index >= 15 is 0 Å². The highest BCUT2D eigenvalue weighted by atomic mass is 31.0. The third-order valence-corrected chi connectivity index (χ3v) is 10.4. The van der Waals surface area contributed by atoms with Crippen LogP contribution >= 0.6 is 9.24 Å². The number of rotatable bonds is 12. The Hall–Kier alpha value is -4.07. The molecule has 2 atom stereocenters. The molecule has 4 aliphatic rings. The molecule has 3 saturated carbocycles. The number of hydrogen-bond donors (Lipinski definition) is 6. The van der Waals surface area contributed by atoms with Crippen LogP contribution in [-0.4, -0.2) is 74.3 Å². The first kappa shape index (κ1) is 31.4. The van der Waals surface area contributed by atoms with E-state index in [2.05, 4.69) is 30.0 Å². The summed E-state index contributed by atoms with van der Waals surface area (Å²) in [4.78, 5) is 22.3. The zero-order chi connectivity index (χ0) is 31.5. The van der Waals surface area contributed by atoms with E-state index in [-0.39, 0.29) is 28.4 Å². The Bertz CT molecular complexity index is 1510. The molecule has 232 valence electrons. The molecule has 44 heavy (non-hydrogen) atoms. The number of allylic oxidation sites excluding steroid dienone is 1. The Balaban J connectivity index is 1.45. The van der Waals surface area contributed by atoms with E-state index in [1.807, 2.05) is 29.2 Å². The van der Waals surface area contributed by atoms with Crippen LogP contribution in [0, 0.1) is 22.3 Å². The van der Waals surface area contributed by atoms with Crippen molar-refractivity contribution in [1.82, 2.24) is 20.2 Å². The molecule has 0 spiro atoms. The summed E-state index contributed by atoms with van der Waals surface area (Å²) in [7, 11) is 2.64. The summed E-state index contributed by atoms with van der Waals surface area (Å²) in [5.74, 6) is 0. The Kier molecular flexibility index (Phi) is 8.91. The summed E-state index contributed by atoms with van der Waals surface area (Å²) in [6.07, 6.45) is 11.1. The van der Waals surface area contributed by atoms with Gasteiger partial charge in [-0.15, -0.1) is 9.24 Å². The molecule has 1 amide bonds. The number of carbonyl (C=O) groups is 1. The molecular weight excluding hydrogens is 577 g/mol. The zero-order valence-corrected chi connectivity index (χ0v) is 26.3. The van der Waals surface area contributed by atoms with Crippen molar-refractivity contribution >= 4 is 39.0 Å².